The van der Waals surface area contributed by atoms with Gasteiger partial charge in [-0.2, -0.15) is 0 Å². The Labute approximate surface area is 167 Å². The van der Waals surface area contributed by atoms with Crippen LogP contribution in [0.2, 0.25) is 0 Å². The molecule has 1 aromatic heterocycles. The van der Waals surface area contributed by atoms with Crippen LogP contribution in [-0.4, -0.2) is 25.9 Å². The number of carbonyl (C=O) groups is 2. The van der Waals surface area contributed by atoms with E-state index in [1.54, 1.807) is 12.1 Å². The van der Waals surface area contributed by atoms with Gasteiger partial charge in [-0.1, -0.05) is 24.3 Å². The minimum Gasteiger partial charge on any atom is -0.378 e. The minimum atomic E-state index is -0.351. The van der Waals surface area contributed by atoms with Crippen LogP contribution in [0.4, 0.5) is 17.1 Å². The van der Waals surface area contributed by atoms with Gasteiger partial charge in [0.15, 0.2) is 0 Å². The number of imide groups is 1. The number of benzene rings is 2. The van der Waals surface area contributed by atoms with Crippen LogP contribution in [0.3, 0.4) is 0 Å². The summed E-state index contributed by atoms with van der Waals surface area (Å²) in [6, 6.07) is 20.5. The van der Waals surface area contributed by atoms with Crippen molar-refractivity contribution in [2.75, 3.05) is 29.2 Å². The molecule has 2 aromatic carbocycles. The molecule has 0 radical (unpaired) electrons. The van der Waals surface area contributed by atoms with Crippen LogP contribution in [0.1, 0.15) is 4.88 Å². The van der Waals surface area contributed by atoms with Crippen LogP contribution in [0, 0.1) is 0 Å². The summed E-state index contributed by atoms with van der Waals surface area (Å²) in [6.07, 6.45) is 0. The first-order valence-corrected chi connectivity index (χ1v) is 9.70. The van der Waals surface area contributed by atoms with Gasteiger partial charge >= 0.3 is 0 Å². The molecule has 2 amide bonds. The maximum absolute atomic E-state index is 13.2. The van der Waals surface area contributed by atoms with Gasteiger partial charge in [0.25, 0.3) is 11.8 Å². The van der Waals surface area contributed by atoms with E-state index in [0.717, 1.165) is 16.3 Å². The molecule has 1 aliphatic rings. The number of hydrogen-bond acceptors (Lipinski definition) is 5. The van der Waals surface area contributed by atoms with E-state index < -0.39 is 0 Å². The van der Waals surface area contributed by atoms with Crippen LogP contribution in [0.15, 0.2) is 77.8 Å². The van der Waals surface area contributed by atoms with E-state index in [0.29, 0.717) is 17.0 Å². The molecule has 4 rings (SSSR count). The van der Waals surface area contributed by atoms with Crippen molar-refractivity contribution in [2.45, 2.75) is 0 Å². The molecule has 0 saturated carbocycles. The van der Waals surface area contributed by atoms with Gasteiger partial charge in [-0.05, 0) is 47.8 Å². The lowest BCUT2D eigenvalue weighted by atomic mass is 10.1. The maximum Gasteiger partial charge on any atom is 0.282 e. The smallest absolute Gasteiger partial charge is 0.282 e. The van der Waals surface area contributed by atoms with Gasteiger partial charge in [0, 0.05) is 30.3 Å². The molecule has 0 aliphatic carbocycles. The zero-order valence-electron chi connectivity index (χ0n) is 15.5. The Balaban J connectivity index is 1.74. The summed E-state index contributed by atoms with van der Waals surface area (Å²) in [5.41, 5.74) is 3.07. The fourth-order valence-corrected chi connectivity index (χ4v) is 3.86. The first kappa shape index (κ1) is 18.0. The average molecular weight is 389 g/mol. The maximum atomic E-state index is 13.2. The molecule has 140 valence electrons. The topological polar surface area (TPSA) is 52.7 Å². The van der Waals surface area contributed by atoms with Gasteiger partial charge in [-0.25, -0.2) is 4.90 Å². The van der Waals surface area contributed by atoms with Gasteiger partial charge < -0.3 is 10.2 Å². The predicted molar refractivity (Wildman–Crippen MR) is 115 cm³/mol. The molecule has 6 heteroatoms. The second-order valence-corrected chi connectivity index (χ2v) is 7.52. The average Bonchev–Trinajstić information content (AvgIpc) is 3.30. The fraction of sp³-hybridized carbons (Fsp3) is 0.0909. The highest BCUT2D eigenvalue weighted by Gasteiger charge is 2.40. The Morgan fingerprint density at radius 2 is 1.57 bits per heavy atom. The lowest BCUT2D eigenvalue weighted by molar-refractivity contribution is -0.120. The van der Waals surface area contributed by atoms with Crippen LogP contribution >= 0.6 is 11.3 Å². The molecule has 0 unspecified atom stereocenters. The molecule has 0 atom stereocenters. The van der Waals surface area contributed by atoms with Crippen molar-refractivity contribution in [3.05, 3.63) is 82.7 Å². The molecule has 2 heterocycles. The summed E-state index contributed by atoms with van der Waals surface area (Å²) in [7, 11) is 3.94. The molecule has 1 aliphatic heterocycles. The van der Waals surface area contributed by atoms with Gasteiger partial charge in [0.05, 0.1) is 11.3 Å². The van der Waals surface area contributed by atoms with E-state index in [2.05, 4.69) is 5.32 Å². The molecule has 28 heavy (non-hydrogen) atoms. The lowest BCUT2D eigenvalue weighted by Crippen LogP contribution is -2.32. The number of nitrogens with zero attached hydrogens (tertiary/aromatic N) is 2. The van der Waals surface area contributed by atoms with Crippen LogP contribution in [0.5, 0.6) is 0 Å². The number of para-hydroxylation sites is 1. The Bertz CT molecular complexity index is 1040. The van der Waals surface area contributed by atoms with Crippen LogP contribution < -0.4 is 15.1 Å². The Morgan fingerprint density at radius 3 is 2.18 bits per heavy atom. The molecule has 1 N–H and O–H groups in total. The molecule has 0 spiro atoms. The first-order valence-electron chi connectivity index (χ1n) is 8.82. The van der Waals surface area contributed by atoms with Gasteiger partial charge in [0.2, 0.25) is 0 Å². The van der Waals surface area contributed by atoms with Gasteiger partial charge in [-0.3, -0.25) is 9.59 Å². The minimum absolute atomic E-state index is 0.300. The van der Waals surface area contributed by atoms with E-state index in [9.17, 15) is 9.59 Å². The number of thiophene rings is 1. The fourth-order valence-electron chi connectivity index (χ4n) is 3.09. The van der Waals surface area contributed by atoms with E-state index in [1.165, 1.54) is 16.2 Å². The summed E-state index contributed by atoms with van der Waals surface area (Å²) in [5.74, 6) is -0.664. The molecular weight excluding hydrogens is 370 g/mol. The van der Waals surface area contributed by atoms with Crippen LogP contribution in [0.25, 0.3) is 5.57 Å². The Morgan fingerprint density at radius 1 is 0.857 bits per heavy atom. The number of hydrogen-bond donors (Lipinski definition) is 1. The monoisotopic (exact) mass is 389 g/mol. The van der Waals surface area contributed by atoms with E-state index in [-0.39, 0.29) is 11.8 Å². The molecule has 3 aromatic rings. The predicted octanol–water partition coefficient (Wildman–Crippen LogP) is 4.21. The van der Waals surface area contributed by atoms with E-state index in [4.69, 9.17) is 0 Å². The number of anilines is 3. The normalized spacial score (nSPS) is 14.0. The summed E-state index contributed by atoms with van der Waals surface area (Å²) in [6.45, 7) is 0. The number of amides is 2. The summed E-state index contributed by atoms with van der Waals surface area (Å²) < 4.78 is 0. The Hall–Kier alpha value is -3.38. The lowest BCUT2D eigenvalue weighted by Gasteiger charge is -2.15. The molecule has 0 bridgehead atoms. The van der Waals surface area contributed by atoms with E-state index >= 15 is 0 Å². The number of nitrogens with one attached hydrogen (secondary N) is 1. The zero-order valence-corrected chi connectivity index (χ0v) is 16.4. The molecular formula is C22H19N3O2S. The zero-order chi connectivity index (χ0) is 19.7. The van der Waals surface area contributed by atoms with Crippen molar-refractivity contribution >= 4 is 45.8 Å². The summed E-state index contributed by atoms with van der Waals surface area (Å²) in [4.78, 5) is 30.3. The largest absolute Gasteiger partial charge is 0.378 e. The third kappa shape index (κ3) is 3.18. The van der Waals surface area contributed by atoms with Crippen molar-refractivity contribution in [3.8, 4) is 0 Å². The van der Waals surface area contributed by atoms with E-state index in [1.807, 2.05) is 79.0 Å². The van der Waals surface area contributed by atoms with Gasteiger partial charge in [-0.15, -0.1) is 11.3 Å². The highest BCUT2D eigenvalue weighted by molar-refractivity contribution is 7.11. The van der Waals surface area contributed by atoms with Crippen molar-refractivity contribution in [1.82, 2.24) is 0 Å². The second kappa shape index (κ2) is 7.32. The second-order valence-electron chi connectivity index (χ2n) is 6.57. The summed E-state index contributed by atoms with van der Waals surface area (Å²) >= 11 is 1.44. The summed E-state index contributed by atoms with van der Waals surface area (Å²) in [5, 5.41) is 5.08. The quantitative estimate of drug-likeness (QED) is 0.664. The molecule has 0 fully saturated rings. The molecule has 0 saturated heterocycles. The van der Waals surface area contributed by atoms with Crippen molar-refractivity contribution in [3.63, 3.8) is 0 Å². The number of carbonyl (C=O) groups excluding carboxylic acids is 2. The number of rotatable bonds is 5. The van der Waals surface area contributed by atoms with Gasteiger partial charge in [0.1, 0.15) is 5.70 Å². The van der Waals surface area contributed by atoms with Crippen molar-refractivity contribution in [2.24, 2.45) is 0 Å². The standard InChI is InChI=1S/C22H19N3O2S/c1-24(2)16-12-10-15(11-13-16)23-20-19(18-9-6-14-28-18)21(26)25(22(20)27)17-7-4-3-5-8-17/h3-14,23H,1-2H3. The third-order valence-electron chi connectivity index (χ3n) is 4.52. The van der Waals surface area contributed by atoms with Crippen molar-refractivity contribution in [1.29, 1.82) is 0 Å². The Kier molecular flexibility index (Phi) is 4.71. The van der Waals surface area contributed by atoms with Crippen molar-refractivity contribution < 1.29 is 9.59 Å². The first-order chi connectivity index (χ1) is 13.6. The van der Waals surface area contributed by atoms with Crippen LogP contribution in [-0.2, 0) is 9.59 Å². The highest BCUT2D eigenvalue weighted by Crippen LogP contribution is 2.35. The third-order valence-corrected chi connectivity index (χ3v) is 5.41. The molecule has 5 nitrogen and oxygen atoms in total. The SMILES string of the molecule is CN(C)c1ccc(NC2=C(c3cccs3)C(=O)N(c3ccccc3)C2=O)cc1. The highest BCUT2D eigenvalue weighted by atomic mass is 32.1.